The molecular weight excluding hydrogens is 797 g/mol. The molecular formula is C48H76NO11P. The lowest BCUT2D eigenvalue weighted by Crippen LogP contribution is -2.34. The van der Waals surface area contributed by atoms with Gasteiger partial charge in [-0.25, -0.2) is 4.57 Å². The Kier molecular flexibility index (Phi) is 38.8. The number of aliphatic hydroxyl groups excluding tert-OH is 1. The molecule has 0 aromatic carbocycles. The van der Waals surface area contributed by atoms with Crippen molar-refractivity contribution in [1.29, 1.82) is 0 Å². The third-order valence-electron chi connectivity index (χ3n) is 8.67. The van der Waals surface area contributed by atoms with Crippen LogP contribution in [-0.4, -0.2) is 71.1 Å². The second-order valence-electron chi connectivity index (χ2n) is 14.2. The highest BCUT2D eigenvalue weighted by atomic mass is 31.2. The van der Waals surface area contributed by atoms with Gasteiger partial charge in [0.25, 0.3) is 0 Å². The number of unbranched alkanes of at least 4 members (excludes halogenated alkanes) is 4. The van der Waals surface area contributed by atoms with Crippen LogP contribution in [0.15, 0.2) is 109 Å². The van der Waals surface area contributed by atoms with Crippen LogP contribution in [-0.2, 0) is 37.5 Å². The van der Waals surface area contributed by atoms with E-state index in [-0.39, 0.29) is 18.9 Å². The van der Waals surface area contributed by atoms with Gasteiger partial charge in [0, 0.05) is 12.8 Å². The van der Waals surface area contributed by atoms with Crippen LogP contribution in [0.5, 0.6) is 0 Å². The molecule has 0 aromatic rings. The normalized spacial score (nSPS) is 15.2. The van der Waals surface area contributed by atoms with Crippen LogP contribution in [0.3, 0.4) is 0 Å². The Balaban J connectivity index is 4.55. The SMILES string of the molecule is CC/C=C\C/C=C\C/C=C\C/C=C\C/C=C\CCCCCC(=O)O[C@H](COC(=O)CCC/C=C\C/C=C\C/C=C\C/C=C\CC[C@@H](O)CC)COP(=O)(O)OC[C@H](N)C(=O)O. The number of aliphatic carboxylic acids is 1. The maximum absolute atomic E-state index is 12.6. The van der Waals surface area contributed by atoms with E-state index in [1.807, 2.05) is 19.1 Å². The van der Waals surface area contributed by atoms with Gasteiger partial charge in [0.05, 0.1) is 19.3 Å². The van der Waals surface area contributed by atoms with Gasteiger partial charge in [0.1, 0.15) is 12.6 Å². The van der Waals surface area contributed by atoms with E-state index in [1.54, 1.807) is 0 Å². The summed E-state index contributed by atoms with van der Waals surface area (Å²) in [6.45, 7) is 2.29. The molecule has 13 heteroatoms. The largest absolute Gasteiger partial charge is 0.480 e. The Hall–Kier alpha value is -3.90. The first-order chi connectivity index (χ1) is 29.5. The lowest BCUT2D eigenvalue weighted by molar-refractivity contribution is -0.161. The van der Waals surface area contributed by atoms with Gasteiger partial charge < -0.3 is 30.3 Å². The summed E-state index contributed by atoms with van der Waals surface area (Å²) in [5.41, 5.74) is 5.33. The number of esters is 2. The summed E-state index contributed by atoms with van der Waals surface area (Å²) in [5, 5.41) is 18.5. The molecule has 0 spiro atoms. The maximum Gasteiger partial charge on any atom is 0.472 e. The molecule has 0 aliphatic heterocycles. The average Bonchev–Trinajstić information content (AvgIpc) is 3.24. The summed E-state index contributed by atoms with van der Waals surface area (Å²) in [7, 11) is -4.76. The van der Waals surface area contributed by atoms with Crippen LogP contribution in [0.1, 0.15) is 136 Å². The van der Waals surface area contributed by atoms with Gasteiger partial charge in [-0.2, -0.15) is 0 Å². The van der Waals surface area contributed by atoms with Crippen molar-refractivity contribution in [3.63, 3.8) is 0 Å². The van der Waals surface area contributed by atoms with Crippen LogP contribution < -0.4 is 5.73 Å². The topological polar surface area (TPSA) is 192 Å². The van der Waals surface area contributed by atoms with Crippen LogP contribution in [0.25, 0.3) is 0 Å². The van der Waals surface area contributed by atoms with Gasteiger partial charge in [-0.1, -0.05) is 130 Å². The van der Waals surface area contributed by atoms with E-state index >= 15 is 0 Å². The third-order valence-corrected chi connectivity index (χ3v) is 9.62. The minimum absolute atomic E-state index is 0.0962. The molecule has 1 unspecified atom stereocenters. The van der Waals surface area contributed by atoms with E-state index in [1.165, 1.54) is 0 Å². The highest BCUT2D eigenvalue weighted by Gasteiger charge is 2.28. The van der Waals surface area contributed by atoms with Gasteiger partial charge in [-0.3, -0.25) is 23.4 Å². The van der Waals surface area contributed by atoms with Crippen molar-refractivity contribution in [1.82, 2.24) is 0 Å². The second kappa shape index (κ2) is 41.5. The number of hydrogen-bond acceptors (Lipinski definition) is 10. The van der Waals surface area contributed by atoms with E-state index in [2.05, 4.69) is 109 Å². The molecule has 0 saturated heterocycles. The van der Waals surface area contributed by atoms with E-state index in [9.17, 15) is 28.9 Å². The molecule has 0 aliphatic carbocycles. The maximum atomic E-state index is 12.6. The number of carboxylic acids is 1. The lowest BCUT2D eigenvalue weighted by atomic mass is 10.1. The number of phosphoric ester groups is 1. The first-order valence-electron chi connectivity index (χ1n) is 22.0. The Labute approximate surface area is 366 Å². The number of phosphoric acid groups is 1. The number of aliphatic hydroxyl groups is 1. The molecule has 344 valence electrons. The van der Waals surface area contributed by atoms with Crippen molar-refractivity contribution in [3.05, 3.63) is 109 Å². The average molecular weight is 874 g/mol. The van der Waals surface area contributed by atoms with Crippen molar-refractivity contribution in [3.8, 4) is 0 Å². The van der Waals surface area contributed by atoms with Gasteiger partial charge in [0.2, 0.25) is 0 Å². The smallest absolute Gasteiger partial charge is 0.472 e. The van der Waals surface area contributed by atoms with E-state index < -0.39 is 57.7 Å². The fourth-order valence-electron chi connectivity index (χ4n) is 5.06. The van der Waals surface area contributed by atoms with Crippen LogP contribution in [0.2, 0.25) is 0 Å². The Morgan fingerprint density at radius 3 is 1.51 bits per heavy atom. The predicted molar refractivity (Wildman–Crippen MR) is 246 cm³/mol. The first kappa shape index (κ1) is 57.1. The molecule has 0 saturated carbocycles. The van der Waals surface area contributed by atoms with E-state index in [0.29, 0.717) is 19.3 Å². The molecule has 5 N–H and O–H groups in total. The second-order valence-corrected chi connectivity index (χ2v) is 15.7. The first-order valence-corrected chi connectivity index (χ1v) is 23.5. The quantitative estimate of drug-likeness (QED) is 0.0198. The fourth-order valence-corrected chi connectivity index (χ4v) is 5.84. The van der Waals surface area contributed by atoms with Gasteiger partial charge in [-0.05, 0) is 103 Å². The number of carbonyl (C=O) groups is 3. The van der Waals surface area contributed by atoms with Crippen LogP contribution in [0.4, 0.5) is 0 Å². The van der Waals surface area contributed by atoms with Gasteiger partial charge in [-0.15, -0.1) is 0 Å². The zero-order valence-corrected chi connectivity index (χ0v) is 37.7. The van der Waals surface area contributed by atoms with Gasteiger partial charge >= 0.3 is 25.7 Å². The molecule has 0 amide bonds. The number of ether oxygens (including phenoxy) is 2. The van der Waals surface area contributed by atoms with Gasteiger partial charge in [0.15, 0.2) is 6.10 Å². The summed E-state index contributed by atoms with van der Waals surface area (Å²) >= 11 is 0. The number of rotatable bonds is 39. The summed E-state index contributed by atoms with van der Waals surface area (Å²) in [5.74, 6) is -2.53. The molecule has 0 aliphatic rings. The minimum Gasteiger partial charge on any atom is -0.480 e. The molecule has 0 fully saturated rings. The van der Waals surface area contributed by atoms with E-state index in [4.69, 9.17) is 24.8 Å². The lowest BCUT2D eigenvalue weighted by Gasteiger charge is -2.20. The third kappa shape index (κ3) is 41.2. The minimum atomic E-state index is -4.76. The highest BCUT2D eigenvalue weighted by molar-refractivity contribution is 7.47. The zero-order chi connectivity index (χ0) is 45.1. The molecule has 0 rings (SSSR count). The highest BCUT2D eigenvalue weighted by Crippen LogP contribution is 2.43. The fraction of sp³-hybridized carbons (Fsp3) is 0.562. The molecule has 4 atom stereocenters. The summed E-state index contributed by atoms with van der Waals surface area (Å²) in [6, 6.07) is -1.55. The standard InChI is InChI=1S/C48H76NO11P/c1-3-5-6-7-8-9-10-11-12-13-14-15-16-21-24-27-30-33-36-39-47(52)60-44(41-58-61(55,56)59-42-45(49)48(53)54)40-57-46(51)38-35-32-29-26-23-20-18-17-19-22-25-28-31-34-37-43(50)4-2/h5-6,8-9,11-12,14-15,18-22,24,26,28-29,31,43-45,50H,3-4,7,10,13,16-17,23,25,27,30,32-42,49H2,1-2H3,(H,53,54)(H,55,56)/b6-5-,9-8-,12-11-,15-14-,20-18-,22-19-,24-21-,29-26-,31-28-/t43-,44+,45-/m0/s1. The number of allylic oxidation sites excluding steroid dienone is 18. The van der Waals surface area contributed by atoms with Crippen molar-refractivity contribution in [2.45, 2.75) is 154 Å². The summed E-state index contributed by atoms with van der Waals surface area (Å²) < 4.78 is 32.6. The summed E-state index contributed by atoms with van der Waals surface area (Å²) in [6.07, 6.45) is 51.0. The van der Waals surface area contributed by atoms with Crippen molar-refractivity contribution < 1.29 is 52.6 Å². The Bertz CT molecular complexity index is 1460. The van der Waals surface area contributed by atoms with E-state index in [0.717, 1.165) is 89.9 Å². The number of carbonyl (C=O) groups excluding carboxylic acids is 2. The monoisotopic (exact) mass is 874 g/mol. The van der Waals surface area contributed by atoms with Crippen molar-refractivity contribution in [2.24, 2.45) is 5.73 Å². The van der Waals surface area contributed by atoms with Crippen molar-refractivity contribution >= 4 is 25.7 Å². The predicted octanol–water partition coefficient (Wildman–Crippen LogP) is 10.8. The molecule has 12 nitrogen and oxygen atoms in total. The van der Waals surface area contributed by atoms with Crippen LogP contribution >= 0.6 is 7.82 Å². The summed E-state index contributed by atoms with van der Waals surface area (Å²) in [4.78, 5) is 46.0. The molecule has 61 heavy (non-hydrogen) atoms. The molecule has 0 aromatic heterocycles. The number of carboxylic acid groups (broad SMARTS) is 1. The zero-order valence-electron chi connectivity index (χ0n) is 36.8. The van der Waals surface area contributed by atoms with Crippen molar-refractivity contribution in [2.75, 3.05) is 19.8 Å². The van der Waals surface area contributed by atoms with Crippen LogP contribution in [0, 0.1) is 0 Å². The Morgan fingerprint density at radius 2 is 1.02 bits per heavy atom. The molecule has 0 radical (unpaired) electrons. The number of hydrogen-bond donors (Lipinski definition) is 4. The number of nitrogens with two attached hydrogens (primary N) is 1. The molecule has 0 heterocycles. The Morgan fingerprint density at radius 1 is 0.574 bits per heavy atom. The molecule has 0 bridgehead atoms.